The van der Waals surface area contributed by atoms with E-state index < -0.39 is 16.0 Å². The van der Waals surface area contributed by atoms with Gasteiger partial charge in [-0.05, 0) is 26.2 Å². The van der Waals surface area contributed by atoms with Crippen molar-refractivity contribution in [2.24, 2.45) is 5.92 Å². The first-order valence-corrected chi connectivity index (χ1v) is 7.57. The third kappa shape index (κ3) is 3.57. The molecule has 0 aliphatic rings. The normalized spacial score (nSPS) is 12.1. The number of nitrogens with one attached hydrogen (secondary N) is 2. The molecule has 1 aromatic heterocycles. The van der Waals surface area contributed by atoms with E-state index in [4.69, 9.17) is 5.11 Å². The molecule has 0 atom stereocenters. The number of aromatic nitrogens is 1. The first kappa shape index (κ1) is 15.7. The van der Waals surface area contributed by atoms with Crippen LogP contribution in [0.3, 0.4) is 0 Å². The van der Waals surface area contributed by atoms with Gasteiger partial charge in [0.25, 0.3) is 0 Å². The first-order chi connectivity index (χ1) is 8.66. The standard InChI is InChI=1S/C12H20N2O4S/c1-7(2)5-6-13-19(17,18)11-8(3)10(12(15)16)14-9(11)4/h7,13-14H,5-6H2,1-4H3,(H,15,16). The summed E-state index contributed by atoms with van der Waals surface area (Å²) in [4.78, 5) is 13.6. The molecule has 0 aliphatic heterocycles. The molecule has 0 bridgehead atoms. The zero-order chi connectivity index (χ0) is 14.8. The number of aromatic amines is 1. The third-order valence-corrected chi connectivity index (χ3v) is 4.60. The molecule has 6 nitrogen and oxygen atoms in total. The number of sulfonamides is 1. The monoisotopic (exact) mass is 288 g/mol. The lowest BCUT2D eigenvalue weighted by Gasteiger charge is -2.09. The lowest BCUT2D eigenvalue weighted by Crippen LogP contribution is -2.26. The van der Waals surface area contributed by atoms with Gasteiger partial charge >= 0.3 is 5.97 Å². The highest BCUT2D eigenvalue weighted by Gasteiger charge is 2.25. The lowest BCUT2D eigenvalue weighted by atomic mass is 10.1. The number of aromatic carboxylic acids is 1. The quantitative estimate of drug-likeness (QED) is 0.741. The maximum Gasteiger partial charge on any atom is 0.352 e. The topological polar surface area (TPSA) is 99.3 Å². The molecule has 0 radical (unpaired) electrons. The molecule has 0 fully saturated rings. The molecule has 0 aromatic carbocycles. The summed E-state index contributed by atoms with van der Waals surface area (Å²) in [6.45, 7) is 7.39. The Morgan fingerprint density at radius 3 is 2.37 bits per heavy atom. The number of carbonyl (C=O) groups is 1. The smallest absolute Gasteiger partial charge is 0.352 e. The van der Waals surface area contributed by atoms with E-state index in [0.29, 0.717) is 18.2 Å². The molecule has 0 amide bonds. The van der Waals surface area contributed by atoms with E-state index in [1.165, 1.54) is 6.92 Å². The number of aryl methyl sites for hydroxylation is 1. The molecule has 1 heterocycles. The first-order valence-electron chi connectivity index (χ1n) is 6.09. The fraction of sp³-hybridized carbons (Fsp3) is 0.583. The van der Waals surface area contributed by atoms with Gasteiger partial charge < -0.3 is 10.1 Å². The van der Waals surface area contributed by atoms with E-state index in [1.807, 2.05) is 13.8 Å². The molecular weight excluding hydrogens is 268 g/mol. The highest BCUT2D eigenvalue weighted by atomic mass is 32.2. The minimum absolute atomic E-state index is 0.0358. The number of hydrogen-bond acceptors (Lipinski definition) is 3. The highest BCUT2D eigenvalue weighted by Crippen LogP contribution is 2.23. The molecule has 1 aromatic rings. The van der Waals surface area contributed by atoms with Crippen LogP contribution in [0.25, 0.3) is 0 Å². The van der Waals surface area contributed by atoms with E-state index in [2.05, 4.69) is 9.71 Å². The summed E-state index contributed by atoms with van der Waals surface area (Å²) in [5.74, 6) is -0.769. The fourth-order valence-electron chi connectivity index (χ4n) is 1.90. The van der Waals surface area contributed by atoms with Crippen molar-refractivity contribution in [2.75, 3.05) is 6.54 Å². The van der Waals surface area contributed by atoms with Crippen LogP contribution in [0.2, 0.25) is 0 Å². The Bertz CT molecular complexity index is 573. The van der Waals surface area contributed by atoms with Crippen LogP contribution < -0.4 is 4.72 Å². The van der Waals surface area contributed by atoms with Crippen molar-refractivity contribution in [1.82, 2.24) is 9.71 Å². The summed E-state index contributed by atoms with van der Waals surface area (Å²) in [6, 6.07) is 0. The molecule has 3 N–H and O–H groups in total. The number of hydrogen-bond donors (Lipinski definition) is 3. The average Bonchev–Trinajstić information content (AvgIpc) is 2.53. The van der Waals surface area contributed by atoms with Gasteiger partial charge in [0.1, 0.15) is 10.6 Å². The maximum absolute atomic E-state index is 12.2. The molecular formula is C12H20N2O4S. The van der Waals surface area contributed by atoms with Crippen LogP contribution >= 0.6 is 0 Å². The predicted molar refractivity (Wildman–Crippen MR) is 71.9 cm³/mol. The summed E-state index contributed by atoms with van der Waals surface area (Å²) in [5, 5.41) is 8.97. The zero-order valence-electron chi connectivity index (χ0n) is 11.6. The molecule has 0 saturated heterocycles. The average molecular weight is 288 g/mol. The van der Waals surface area contributed by atoms with Crippen molar-refractivity contribution in [3.63, 3.8) is 0 Å². The number of carboxylic acids is 1. The van der Waals surface area contributed by atoms with Crippen molar-refractivity contribution >= 4 is 16.0 Å². The van der Waals surface area contributed by atoms with E-state index >= 15 is 0 Å². The van der Waals surface area contributed by atoms with Crippen LogP contribution in [-0.2, 0) is 10.0 Å². The van der Waals surface area contributed by atoms with Crippen molar-refractivity contribution in [1.29, 1.82) is 0 Å². The Morgan fingerprint density at radius 2 is 1.95 bits per heavy atom. The summed E-state index contributed by atoms with van der Waals surface area (Å²) >= 11 is 0. The molecule has 0 spiro atoms. The van der Waals surface area contributed by atoms with Gasteiger partial charge in [0.2, 0.25) is 10.0 Å². The van der Waals surface area contributed by atoms with E-state index in [1.54, 1.807) is 6.92 Å². The van der Waals surface area contributed by atoms with Crippen molar-refractivity contribution in [2.45, 2.75) is 39.0 Å². The second-order valence-corrected chi connectivity index (χ2v) is 6.67. The van der Waals surface area contributed by atoms with Gasteiger partial charge in [-0.2, -0.15) is 0 Å². The summed E-state index contributed by atoms with van der Waals surface area (Å²) in [6.07, 6.45) is 0.730. The molecule has 0 aliphatic carbocycles. The van der Waals surface area contributed by atoms with Gasteiger partial charge in [-0.1, -0.05) is 13.8 Å². The van der Waals surface area contributed by atoms with Gasteiger partial charge in [-0.3, -0.25) is 0 Å². The SMILES string of the molecule is Cc1[nH]c(C(=O)O)c(C)c1S(=O)(=O)NCCC(C)C. The van der Waals surface area contributed by atoms with E-state index in [0.717, 1.165) is 6.42 Å². The Kier molecular flexibility index (Phi) is 4.75. The minimum atomic E-state index is -3.67. The Hall–Kier alpha value is -1.34. The Labute approximate surface area is 113 Å². The van der Waals surface area contributed by atoms with Crippen LogP contribution in [0.4, 0.5) is 0 Å². The van der Waals surface area contributed by atoms with Crippen LogP contribution in [0.1, 0.15) is 42.0 Å². The van der Waals surface area contributed by atoms with Crippen LogP contribution in [-0.4, -0.2) is 31.0 Å². The van der Waals surface area contributed by atoms with Gasteiger partial charge in [0, 0.05) is 17.8 Å². The number of rotatable bonds is 6. The van der Waals surface area contributed by atoms with Crippen LogP contribution in [0, 0.1) is 19.8 Å². The summed E-state index contributed by atoms with van der Waals surface area (Å²) in [7, 11) is -3.67. The molecule has 7 heteroatoms. The van der Waals surface area contributed by atoms with Gasteiger partial charge in [0.15, 0.2) is 0 Å². The van der Waals surface area contributed by atoms with Crippen molar-refractivity contribution < 1.29 is 18.3 Å². The van der Waals surface area contributed by atoms with Crippen LogP contribution in [0.15, 0.2) is 4.90 Å². The largest absolute Gasteiger partial charge is 0.477 e. The summed E-state index contributed by atoms with van der Waals surface area (Å²) in [5.41, 5.74) is 0.496. The van der Waals surface area contributed by atoms with Gasteiger partial charge in [0.05, 0.1) is 0 Å². The minimum Gasteiger partial charge on any atom is -0.477 e. The zero-order valence-corrected chi connectivity index (χ0v) is 12.4. The number of H-pyrrole nitrogens is 1. The fourth-order valence-corrected chi connectivity index (χ4v) is 3.39. The second kappa shape index (κ2) is 5.75. The Morgan fingerprint density at radius 1 is 1.37 bits per heavy atom. The van der Waals surface area contributed by atoms with Gasteiger partial charge in [-0.15, -0.1) is 0 Å². The third-order valence-electron chi connectivity index (χ3n) is 2.87. The van der Waals surface area contributed by atoms with Crippen molar-refractivity contribution in [3.05, 3.63) is 17.0 Å². The number of carboxylic acid groups (broad SMARTS) is 1. The second-order valence-electron chi connectivity index (χ2n) is 4.96. The summed E-state index contributed by atoms with van der Waals surface area (Å²) < 4.78 is 26.8. The molecule has 1 rings (SSSR count). The van der Waals surface area contributed by atoms with E-state index in [-0.39, 0.29) is 16.2 Å². The van der Waals surface area contributed by atoms with Crippen molar-refractivity contribution in [3.8, 4) is 0 Å². The molecule has 19 heavy (non-hydrogen) atoms. The van der Waals surface area contributed by atoms with Gasteiger partial charge in [-0.25, -0.2) is 17.9 Å². The maximum atomic E-state index is 12.2. The highest BCUT2D eigenvalue weighted by molar-refractivity contribution is 7.89. The molecule has 0 unspecified atom stereocenters. The lowest BCUT2D eigenvalue weighted by molar-refractivity contribution is 0.0690. The van der Waals surface area contributed by atoms with Crippen LogP contribution in [0.5, 0.6) is 0 Å². The predicted octanol–water partition coefficient (Wildman–Crippen LogP) is 1.65. The molecule has 0 saturated carbocycles. The Balaban J connectivity index is 3.05. The van der Waals surface area contributed by atoms with E-state index in [9.17, 15) is 13.2 Å². The molecule has 108 valence electrons.